The number of amides is 3. The summed E-state index contributed by atoms with van der Waals surface area (Å²) in [6, 6.07) is 22.5. The van der Waals surface area contributed by atoms with Gasteiger partial charge in [0, 0.05) is 43.1 Å². The molecule has 2 aliphatic rings. The van der Waals surface area contributed by atoms with Gasteiger partial charge < -0.3 is 31.7 Å². The Labute approximate surface area is 251 Å². The molecule has 0 aliphatic carbocycles. The van der Waals surface area contributed by atoms with Gasteiger partial charge in [0.1, 0.15) is 11.9 Å². The lowest BCUT2D eigenvalue weighted by molar-refractivity contribution is -0.192. The number of hydrogen-bond acceptors (Lipinski definition) is 6. The van der Waals surface area contributed by atoms with Crippen LogP contribution in [0.5, 0.6) is 0 Å². The maximum Gasteiger partial charge on any atom is 0.490 e. The average molecular weight is 609 g/mol. The summed E-state index contributed by atoms with van der Waals surface area (Å²) in [5, 5.41) is 18.3. The number of carbonyl (C=O) groups is 3. The molecule has 4 aromatic rings. The molecule has 10 nitrogen and oxygen atoms in total. The number of hydrogen-bond donors (Lipinski definition) is 5. The molecule has 230 valence electrons. The fraction of sp³-hybridized carbons (Fsp3) is 0.226. The van der Waals surface area contributed by atoms with E-state index in [9.17, 15) is 22.8 Å². The monoisotopic (exact) mass is 608 g/mol. The number of nitrogen functional groups attached to an aromatic ring is 1. The molecule has 44 heavy (non-hydrogen) atoms. The van der Waals surface area contributed by atoms with Crippen LogP contribution < -0.4 is 21.7 Å². The number of alkyl halides is 3. The van der Waals surface area contributed by atoms with Gasteiger partial charge in [-0.25, -0.2) is 14.6 Å². The summed E-state index contributed by atoms with van der Waals surface area (Å²) in [7, 11) is 1.80. The molecule has 6 rings (SSSR count). The number of pyridine rings is 1. The molecule has 6 N–H and O–H groups in total. The number of fused-ring (bicyclic) bond motifs is 11. The van der Waals surface area contributed by atoms with Gasteiger partial charge in [0.2, 0.25) is 5.91 Å². The van der Waals surface area contributed by atoms with Crippen molar-refractivity contribution in [3.63, 3.8) is 0 Å². The Balaban J connectivity index is 0.000000566. The maximum absolute atomic E-state index is 13.5. The summed E-state index contributed by atoms with van der Waals surface area (Å²) in [6.07, 6.45) is -1.74. The van der Waals surface area contributed by atoms with Crippen molar-refractivity contribution in [2.24, 2.45) is 0 Å². The Morgan fingerprint density at radius 2 is 1.77 bits per heavy atom. The third kappa shape index (κ3) is 8.37. The van der Waals surface area contributed by atoms with Crippen molar-refractivity contribution in [3.8, 4) is 0 Å². The highest BCUT2D eigenvalue weighted by Crippen LogP contribution is 2.26. The first-order valence-corrected chi connectivity index (χ1v) is 13.6. The molecule has 1 aromatic heterocycles. The van der Waals surface area contributed by atoms with Crippen molar-refractivity contribution < 1.29 is 32.7 Å². The summed E-state index contributed by atoms with van der Waals surface area (Å²) in [4.78, 5) is 40.8. The molecule has 0 spiro atoms. The standard InChI is InChI=1S/C29H30N6O2.C2HF3O2/c1-35-15-3-5-19-7-9-21(10-8-19)26(33-24-11-12-25-22(17-24)13-14-31-27(25)30)28(36)32-18-20-4-2-6-23(16-20)34-29(35)37;3-2(4,5)1(6)7/h2,4,6-14,16-17,26,33H,3,5,15,18H2,1H3,(H2,30,31)(H,32,36)(H,34,37);(H,6,7). The van der Waals surface area contributed by atoms with Crippen LogP contribution in [-0.4, -0.2) is 52.7 Å². The number of nitrogens with one attached hydrogen (secondary N) is 3. The molecule has 0 saturated carbocycles. The number of halogens is 3. The van der Waals surface area contributed by atoms with E-state index < -0.39 is 18.2 Å². The third-order valence-corrected chi connectivity index (χ3v) is 6.87. The molecule has 2 aliphatic heterocycles. The number of nitrogens with zero attached hydrogens (tertiary/aromatic N) is 2. The Kier molecular flexibility index (Phi) is 9.88. The lowest BCUT2D eigenvalue weighted by Crippen LogP contribution is -2.33. The van der Waals surface area contributed by atoms with Crippen molar-refractivity contribution in [1.29, 1.82) is 0 Å². The molecular weight excluding hydrogens is 577 g/mol. The number of carbonyl (C=O) groups excluding carboxylic acids is 2. The van der Waals surface area contributed by atoms with E-state index in [1.165, 1.54) is 0 Å². The number of carboxylic acids is 1. The Morgan fingerprint density at radius 3 is 2.48 bits per heavy atom. The molecule has 3 amide bonds. The van der Waals surface area contributed by atoms with Crippen LogP contribution in [0.4, 0.5) is 35.2 Å². The summed E-state index contributed by atoms with van der Waals surface area (Å²) in [5.74, 6) is -2.43. The zero-order valence-corrected chi connectivity index (χ0v) is 23.7. The van der Waals surface area contributed by atoms with E-state index in [2.05, 4.69) is 20.9 Å². The molecule has 1 unspecified atom stereocenters. The van der Waals surface area contributed by atoms with E-state index in [-0.39, 0.29) is 11.9 Å². The second-order valence-electron chi connectivity index (χ2n) is 10.1. The lowest BCUT2D eigenvalue weighted by Gasteiger charge is -2.21. The van der Waals surface area contributed by atoms with Crippen molar-refractivity contribution in [2.75, 3.05) is 30.0 Å². The Hall–Kier alpha value is -5.33. The number of aryl methyl sites for hydroxylation is 1. The van der Waals surface area contributed by atoms with Gasteiger partial charge in [0.15, 0.2) is 0 Å². The summed E-state index contributed by atoms with van der Waals surface area (Å²) >= 11 is 0. The molecule has 1 atom stereocenters. The second-order valence-corrected chi connectivity index (χ2v) is 10.1. The van der Waals surface area contributed by atoms with Gasteiger partial charge in [-0.05, 0) is 71.3 Å². The smallest absolute Gasteiger partial charge is 0.475 e. The van der Waals surface area contributed by atoms with E-state index in [1.807, 2.05) is 72.8 Å². The van der Waals surface area contributed by atoms with Crippen LogP contribution in [0.25, 0.3) is 10.8 Å². The molecule has 0 saturated heterocycles. The molecule has 13 heteroatoms. The number of nitrogens with two attached hydrogens (primary N) is 1. The van der Waals surface area contributed by atoms with Crippen LogP contribution in [0.1, 0.15) is 29.2 Å². The minimum Gasteiger partial charge on any atom is -0.475 e. The van der Waals surface area contributed by atoms with Crippen molar-refractivity contribution >= 4 is 45.9 Å². The molecule has 3 heterocycles. The average Bonchev–Trinajstić information content (AvgIpc) is 2.99. The van der Waals surface area contributed by atoms with Gasteiger partial charge in [-0.1, -0.05) is 36.4 Å². The van der Waals surface area contributed by atoms with Crippen LogP contribution >= 0.6 is 0 Å². The van der Waals surface area contributed by atoms with E-state index >= 15 is 0 Å². The van der Waals surface area contributed by atoms with Crippen molar-refractivity contribution in [1.82, 2.24) is 15.2 Å². The number of aromatic nitrogens is 1. The number of benzene rings is 3. The second kappa shape index (κ2) is 13.8. The van der Waals surface area contributed by atoms with Gasteiger partial charge in [-0.3, -0.25) is 4.79 Å². The molecule has 4 bridgehead atoms. The highest BCUT2D eigenvalue weighted by Gasteiger charge is 2.38. The predicted octanol–water partition coefficient (Wildman–Crippen LogP) is 5.33. The summed E-state index contributed by atoms with van der Waals surface area (Å²) in [5.41, 5.74) is 10.4. The van der Waals surface area contributed by atoms with Crippen molar-refractivity contribution in [2.45, 2.75) is 31.6 Å². The number of anilines is 3. The zero-order chi connectivity index (χ0) is 31.9. The van der Waals surface area contributed by atoms with E-state index in [4.69, 9.17) is 15.6 Å². The molecule has 0 radical (unpaired) electrons. The Bertz CT molecular complexity index is 1650. The largest absolute Gasteiger partial charge is 0.490 e. The highest BCUT2D eigenvalue weighted by atomic mass is 19.4. The van der Waals surface area contributed by atoms with Crippen molar-refractivity contribution in [3.05, 3.63) is 95.7 Å². The number of rotatable bonds is 2. The van der Waals surface area contributed by atoms with Gasteiger partial charge in [-0.2, -0.15) is 13.2 Å². The zero-order valence-electron chi connectivity index (χ0n) is 23.7. The first kappa shape index (κ1) is 31.6. The van der Waals surface area contributed by atoms with Crippen LogP contribution in [-0.2, 0) is 22.6 Å². The van der Waals surface area contributed by atoms with E-state index in [1.54, 1.807) is 18.1 Å². The molecular formula is C31H31F3N6O4. The number of aliphatic carboxylic acids is 1. The van der Waals surface area contributed by atoms with Crippen LogP contribution in [0.2, 0.25) is 0 Å². The highest BCUT2D eigenvalue weighted by molar-refractivity contribution is 5.94. The SMILES string of the molecule is CN1CCCc2ccc(cc2)C(Nc2ccc3c(N)nccc3c2)C(=O)NCc2cccc(c2)NC1=O.O=C(O)C(F)(F)F. The van der Waals surface area contributed by atoms with Gasteiger partial charge in [0.25, 0.3) is 0 Å². The Morgan fingerprint density at radius 1 is 1.05 bits per heavy atom. The lowest BCUT2D eigenvalue weighted by atomic mass is 10.0. The van der Waals surface area contributed by atoms with Gasteiger partial charge in [-0.15, -0.1) is 0 Å². The minimum absolute atomic E-state index is 0.152. The first-order valence-electron chi connectivity index (χ1n) is 13.6. The predicted molar refractivity (Wildman–Crippen MR) is 161 cm³/mol. The van der Waals surface area contributed by atoms with Crippen LogP contribution in [0.15, 0.2) is 79.0 Å². The van der Waals surface area contributed by atoms with Gasteiger partial charge in [0.05, 0.1) is 0 Å². The fourth-order valence-corrected chi connectivity index (χ4v) is 4.53. The topological polar surface area (TPSA) is 150 Å². The van der Waals surface area contributed by atoms with E-state index in [0.29, 0.717) is 24.6 Å². The number of carboxylic acid groups (broad SMARTS) is 1. The maximum atomic E-state index is 13.5. The fourth-order valence-electron chi connectivity index (χ4n) is 4.53. The third-order valence-electron chi connectivity index (χ3n) is 6.87. The molecule has 3 aromatic carbocycles. The number of urea groups is 1. The van der Waals surface area contributed by atoms with Crippen LogP contribution in [0.3, 0.4) is 0 Å². The first-order chi connectivity index (χ1) is 20.9. The van der Waals surface area contributed by atoms with Gasteiger partial charge >= 0.3 is 18.2 Å². The molecule has 0 fully saturated rings. The minimum atomic E-state index is -5.08. The van der Waals surface area contributed by atoms with E-state index in [0.717, 1.165) is 46.0 Å². The summed E-state index contributed by atoms with van der Waals surface area (Å²) in [6.45, 7) is 0.966. The normalized spacial score (nSPS) is 15.8. The quantitative estimate of drug-likeness (QED) is 0.207. The summed E-state index contributed by atoms with van der Waals surface area (Å²) < 4.78 is 31.7. The van der Waals surface area contributed by atoms with Crippen LogP contribution in [0, 0.1) is 0 Å².